The van der Waals surface area contributed by atoms with Gasteiger partial charge in [0, 0.05) is 18.0 Å². The van der Waals surface area contributed by atoms with Gasteiger partial charge < -0.3 is 5.32 Å². The van der Waals surface area contributed by atoms with Crippen LogP contribution in [-0.2, 0) is 4.79 Å². The third kappa shape index (κ3) is 3.04. The number of para-hydroxylation sites is 1. The van der Waals surface area contributed by atoms with E-state index in [4.69, 9.17) is 4.98 Å². The fraction of sp³-hybridized carbons (Fsp3) is 0.316. The van der Waals surface area contributed by atoms with Crippen LogP contribution in [0.1, 0.15) is 36.6 Å². The van der Waals surface area contributed by atoms with E-state index in [1.165, 1.54) is 4.70 Å². The molecule has 0 bridgehead atoms. The second-order valence-corrected chi connectivity index (χ2v) is 7.31. The Labute approximate surface area is 145 Å². The molecule has 4 nitrogen and oxygen atoms in total. The molecule has 0 aliphatic heterocycles. The Morgan fingerprint density at radius 3 is 2.83 bits per heavy atom. The Morgan fingerprint density at radius 1 is 1.12 bits per heavy atom. The summed E-state index contributed by atoms with van der Waals surface area (Å²) in [5.41, 5.74) is 1.80. The van der Waals surface area contributed by atoms with Gasteiger partial charge in [-0.05, 0) is 37.1 Å². The fourth-order valence-corrected chi connectivity index (χ4v) is 4.63. The normalized spacial score (nSPS) is 20.8. The maximum atomic E-state index is 12.8. The summed E-state index contributed by atoms with van der Waals surface area (Å²) in [5, 5.41) is 4.12. The molecule has 24 heavy (non-hydrogen) atoms. The molecule has 0 radical (unpaired) electrons. The molecule has 1 aliphatic carbocycles. The highest BCUT2D eigenvalue weighted by molar-refractivity contribution is 7.18. The van der Waals surface area contributed by atoms with Crippen molar-refractivity contribution in [1.29, 1.82) is 0 Å². The number of rotatable bonds is 3. The summed E-state index contributed by atoms with van der Waals surface area (Å²) in [7, 11) is 0. The molecule has 1 aromatic carbocycles. The lowest BCUT2D eigenvalue weighted by Gasteiger charge is -2.29. The molecule has 122 valence electrons. The van der Waals surface area contributed by atoms with Crippen LogP contribution in [0, 0.1) is 5.92 Å². The number of hydrogen-bond acceptors (Lipinski definition) is 4. The van der Waals surface area contributed by atoms with E-state index >= 15 is 0 Å². The summed E-state index contributed by atoms with van der Waals surface area (Å²) in [4.78, 5) is 21.7. The van der Waals surface area contributed by atoms with Gasteiger partial charge in [-0.3, -0.25) is 9.78 Å². The second-order valence-electron chi connectivity index (χ2n) is 6.25. The van der Waals surface area contributed by atoms with Crippen LogP contribution in [-0.4, -0.2) is 15.9 Å². The predicted octanol–water partition coefficient (Wildman–Crippen LogP) is 4.60. The summed E-state index contributed by atoms with van der Waals surface area (Å²) in [6, 6.07) is 11.9. The van der Waals surface area contributed by atoms with Crippen molar-refractivity contribution in [3.8, 4) is 0 Å². The molecule has 1 N–H and O–H groups in total. The van der Waals surface area contributed by atoms with Gasteiger partial charge >= 0.3 is 0 Å². The number of anilines is 1. The van der Waals surface area contributed by atoms with Crippen molar-refractivity contribution >= 4 is 33.1 Å². The largest absolute Gasteiger partial charge is 0.324 e. The molecule has 2 aromatic heterocycles. The molecule has 1 amide bonds. The van der Waals surface area contributed by atoms with E-state index in [2.05, 4.69) is 16.4 Å². The number of nitrogens with zero attached hydrogens (tertiary/aromatic N) is 2. The summed E-state index contributed by atoms with van der Waals surface area (Å²) in [6.07, 6.45) is 7.62. The monoisotopic (exact) mass is 337 g/mol. The van der Waals surface area contributed by atoms with Gasteiger partial charge in [0.25, 0.3) is 0 Å². The summed E-state index contributed by atoms with van der Waals surface area (Å²) in [6.45, 7) is 0. The Bertz CT molecular complexity index is 813. The maximum absolute atomic E-state index is 12.8. The molecule has 2 heterocycles. The molecule has 0 spiro atoms. The fourth-order valence-electron chi connectivity index (χ4n) is 3.46. The first-order chi connectivity index (χ1) is 11.8. The first-order valence-corrected chi connectivity index (χ1v) is 9.19. The van der Waals surface area contributed by atoms with Crippen molar-refractivity contribution < 1.29 is 4.79 Å². The quantitative estimate of drug-likeness (QED) is 0.759. The van der Waals surface area contributed by atoms with E-state index in [9.17, 15) is 4.79 Å². The van der Waals surface area contributed by atoms with E-state index in [1.807, 2.05) is 30.3 Å². The minimum atomic E-state index is -0.0143. The first-order valence-electron chi connectivity index (χ1n) is 8.37. The predicted molar refractivity (Wildman–Crippen MR) is 97.2 cm³/mol. The van der Waals surface area contributed by atoms with Crippen LogP contribution in [0.4, 0.5) is 5.69 Å². The highest BCUT2D eigenvalue weighted by Crippen LogP contribution is 2.41. The van der Waals surface area contributed by atoms with Crippen molar-refractivity contribution in [2.24, 2.45) is 5.92 Å². The van der Waals surface area contributed by atoms with E-state index in [-0.39, 0.29) is 17.7 Å². The molecule has 1 saturated carbocycles. The maximum Gasteiger partial charge on any atom is 0.228 e. The molecule has 1 fully saturated rings. The highest BCUT2D eigenvalue weighted by atomic mass is 32.1. The third-order valence-corrected chi connectivity index (χ3v) is 5.83. The van der Waals surface area contributed by atoms with Gasteiger partial charge in [-0.25, -0.2) is 4.98 Å². The van der Waals surface area contributed by atoms with Crippen molar-refractivity contribution in [3.05, 3.63) is 53.8 Å². The van der Waals surface area contributed by atoms with Crippen LogP contribution in [0.25, 0.3) is 10.2 Å². The van der Waals surface area contributed by atoms with Gasteiger partial charge in [-0.15, -0.1) is 11.3 Å². The first kappa shape index (κ1) is 15.3. The van der Waals surface area contributed by atoms with E-state index < -0.39 is 0 Å². The van der Waals surface area contributed by atoms with E-state index in [1.54, 1.807) is 23.7 Å². The smallest absolute Gasteiger partial charge is 0.228 e. The van der Waals surface area contributed by atoms with E-state index in [0.29, 0.717) is 0 Å². The second kappa shape index (κ2) is 6.69. The number of carbonyl (C=O) groups excluding carboxylic acids is 1. The van der Waals surface area contributed by atoms with Crippen LogP contribution in [0.5, 0.6) is 0 Å². The number of fused-ring (bicyclic) bond motifs is 1. The summed E-state index contributed by atoms with van der Waals surface area (Å²) >= 11 is 1.73. The molecule has 0 unspecified atom stereocenters. The number of thiazole rings is 1. The van der Waals surface area contributed by atoms with Crippen molar-refractivity contribution in [3.63, 3.8) is 0 Å². The Hall–Kier alpha value is -2.27. The summed E-state index contributed by atoms with van der Waals surface area (Å²) in [5.74, 6) is 0.291. The lowest BCUT2D eigenvalue weighted by atomic mass is 9.79. The van der Waals surface area contributed by atoms with Gasteiger partial charge in [-0.1, -0.05) is 25.0 Å². The molecule has 2 atom stereocenters. The highest BCUT2D eigenvalue weighted by Gasteiger charge is 2.34. The van der Waals surface area contributed by atoms with Gasteiger partial charge in [0.2, 0.25) is 5.91 Å². The van der Waals surface area contributed by atoms with Gasteiger partial charge in [-0.2, -0.15) is 0 Å². The molecular formula is C19H19N3OS. The third-order valence-electron chi connectivity index (χ3n) is 4.66. The van der Waals surface area contributed by atoms with Crippen LogP contribution in [0.3, 0.4) is 0 Å². The molecule has 5 heteroatoms. The van der Waals surface area contributed by atoms with Crippen molar-refractivity contribution in [2.45, 2.75) is 31.6 Å². The number of hydrogen-bond donors (Lipinski definition) is 1. The Kier molecular flexibility index (Phi) is 4.26. The number of pyridine rings is 1. The lowest BCUT2D eigenvalue weighted by molar-refractivity contribution is -0.121. The van der Waals surface area contributed by atoms with Gasteiger partial charge in [0.15, 0.2) is 0 Å². The zero-order valence-electron chi connectivity index (χ0n) is 13.3. The number of nitrogens with one attached hydrogen (secondary N) is 1. The lowest BCUT2D eigenvalue weighted by Crippen LogP contribution is -2.30. The number of benzene rings is 1. The van der Waals surface area contributed by atoms with Gasteiger partial charge in [0.1, 0.15) is 0 Å². The van der Waals surface area contributed by atoms with Crippen molar-refractivity contribution in [1.82, 2.24) is 9.97 Å². The average Bonchev–Trinajstić information content (AvgIpc) is 3.06. The van der Waals surface area contributed by atoms with Crippen LogP contribution in [0.2, 0.25) is 0 Å². The number of aromatic nitrogens is 2. The van der Waals surface area contributed by atoms with Crippen molar-refractivity contribution in [2.75, 3.05) is 5.32 Å². The van der Waals surface area contributed by atoms with Crippen LogP contribution < -0.4 is 5.32 Å². The van der Waals surface area contributed by atoms with Gasteiger partial charge in [0.05, 0.1) is 27.1 Å². The summed E-state index contributed by atoms with van der Waals surface area (Å²) < 4.78 is 1.20. The molecule has 3 aromatic rings. The molecule has 4 rings (SSSR count). The molecule has 1 aliphatic rings. The number of amides is 1. The zero-order valence-corrected chi connectivity index (χ0v) is 14.1. The SMILES string of the molecule is O=C(Nc1cccnc1)[C@@H]1CCCC[C@@H]1c1nc2ccccc2s1. The minimum absolute atomic E-state index is 0.0143. The Morgan fingerprint density at radius 2 is 2.00 bits per heavy atom. The standard InChI is InChI=1S/C19H19N3OS/c23-18(21-13-6-5-11-20-12-13)14-7-1-2-8-15(14)19-22-16-9-3-4-10-17(16)24-19/h3-6,9-12,14-15H,1-2,7-8H2,(H,21,23)/t14-,15+/m1/s1. The topological polar surface area (TPSA) is 54.9 Å². The minimum Gasteiger partial charge on any atom is -0.324 e. The van der Waals surface area contributed by atoms with Crippen LogP contribution >= 0.6 is 11.3 Å². The Balaban J connectivity index is 1.59. The van der Waals surface area contributed by atoms with Crippen LogP contribution in [0.15, 0.2) is 48.8 Å². The number of carbonyl (C=O) groups is 1. The average molecular weight is 337 g/mol. The molecule has 0 saturated heterocycles. The molecular weight excluding hydrogens is 318 g/mol. The zero-order chi connectivity index (χ0) is 16.4. The van der Waals surface area contributed by atoms with E-state index in [0.717, 1.165) is 41.9 Å².